The Hall–Kier alpha value is -1.06. The Morgan fingerprint density at radius 2 is 0.962 bits per heavy atom. The summed E-state index contributed by atoms with van der Waals surface area (Å²) in [6.45, 7) is 3.71. The van der Waals surface area contributed by atoms with Gasteiger partial charge in [-0.1, -0.05) is 103 Å². The molecule has 26 heavy (non-hydrogen) atoms. The number of carbonyl (C=O) groups is 2. The summed E-state index contributed by atoms with van der Waals surface area (Å²) >= 11 is 0. The first-order chi connectivity index (χ1) is 12.7. The quantitative estimate of drug-likeness (QED) is 0.196. The molecule has 0 aromatic heterocycles. The van der Waals surface area contributed by atoms with Crippen LogP contribution in [0.3, 0.4) is 0 Å². The first-order valence-corrected chi connectivity index (χ1v) is 11.0. The van der Waals surface area contributed by atoms with E-state index in [-0.39, 0.29) is 6.61 Å². The summed E-state index contributed by atoms with van der Waals surface area (Å²) in [4.78, 5) is 21.8. The SMILES string of the molecule is CCCCCCCCCCCCCCCCCCOC(=O)COC(C)=O. The average molecular weight is 371 g/mol. The molecule has 0 bridgehead atoms. The van der Waals surface area contributed by atoms with Crippen LogP contribution in [0.15, 0.2) is 0 Å². The van der Waals surface area contributed by atoms with Gasteiger partial charge in [0.15, 0.2) is 6.61 Å². The molecule has 0 radical (unpaired) electrons. The van der Waals surface area contributed by atoms with E-state index in [1.54, 1.807) is 0 Å². The summed E-state index contributed by atoms with van der Waals surface area (Å²) in [7, 11) is 0. The Balaban J connectivity index is 3.09. The summed E-state index contributed by atoms with van der Waals surface area (Å²) in [5.74, 6) is -0.912. The molecule has 0 heterocycles. The van der Waals surface area contributed by atoms with Gasteiger partial charge in [0, 0.05) is 6.92 Å². The lowest BCUT2D eigenvalue weighted by Gasteiger charge is -2.05. The molecule has 4 nitrogen and oxygen atoms in total. The fourth-order valence-corrected chi connectivity index (χ4v) is 3.04. The maximum Gasteiger partial charge on any atom is 0.344 e. The molecule has 154 valence electrons. The molecule has 0 N–H and O–H groups in total. The molecular formula is C22H42O4. The van der Waals surface area contributed by atoms with Crippen LogP contribution < -0.4 is 0 Å². The second-order valence-corrected chi connectivity index (χ2v) is 7.30. The Bertz CT molecular complexity index is 328. The van der Waals surface area contributed by atoms with Crippen molar-refractivity contribution in [2.45, 2.75) is 117 Å². The molecule has 4 heteroatoms. The highest BCUT2D eigenvalue weighted by atomic mass is 16.6. The van der Waals surface area contributed by atoms with E-state index in [1.807, 2.05) is 0 Å². The molecule has 0 saturated carbocycles. The lowest BCUT2D eigenvalue weighted by atomic mass is 10.0. The number of ether oxygens (including phenoxy) is 2. The van der Waals surface area contributed by atoms with Gasteiger partial charge in [-0.25, -0.2) is 4.79 Å². The zero-order valence-electron chi connectivity index (χ0n) is 17.4. The van der Waals surface area contributed by atoms with Crippen LogP contribution in [-0.4, -0.2) is 25.2 Å². The van der Waals surface area contributed by atoms with E-state index in [9.17, 15) is 9.59 Å². The Morgan fingerprint density at radius 1 is 0.577 bits per heavy atom. The summed E-state index contributed by atoms with van der Waals surface area (Å²) in [6, 6.07) is 0. The molecule has 0 fully saturated rings. The van der Waals surface area contributed by atoms with Gasteiger partial charge in [-0.15, -0.1) is 0 Å². The zero-order valence-corrected chi connectivity index (χ0v) is 17.4. The van der Waals surface area contributed by atoms with Gasteiger partial charge in [0.05, 0.1) is 6.61 Å². The monoisotopic (exact) mass is 370 g/mol. The van der Waals surface area contributed by atoms with Crippen molar-refractivity contribution in [3.8, 4) is 0 Å². The molecule has 0 aromatic carbocycles. The van der Waals surface area contributed by atoms with Gasteiger partial charge in [-0.2, -0.15) is 0 Å². The van der Waals surface area contributed by atoms with Gasteiger partial charge in [0.2, 0.25) is 0 Å². The molecule has 0 rings (SSSR count). The van der Waals surface area contributed by atoms with Gasteiger partial charge in [0.25, 0.3) is 0 Å². The van der Waals surface area contributed by atoms with Crippen LogP contribution in [0.5, 0.6) is 0 Å². The van der Waals surface area contributed by atoms with Crippen LogP contribution in [0.2, 0.25) is 0 Å². The third-order valence-corrected chi connectivity index (χ3v) is 4.65. The van der Waals surface area contributed by atoms with Gasteiger partial charge < -0.3 is 9.47 Å². The molecule has 0 unspecified atom stereocenters. The summed E-state index contributed by atoms with van der Waals surface area (Å²) in [6.07, 6.45) is 21.2. The van der Waals surface area contributed by atoms with Gasteiger partial charge in [-0.3, -0.25) is 4.79 Å². The van der Waals surface area contributed by atoms with Crippen LogP contribution in [0, 0.1) is 0 Å². The van der Waals surface area contributed by atoms with Gasteiger partial charge in [0.1, 0.15) is 0 Å². The summed E-state index contributed by atoms with van der Waals surface area (Å²) < 4.78 is 9.57. The fourth-order valence-electron chi connectivity index (χ4n) is 3.04. The lowest BCUT2D eigenvalue weighted by Crippen LogP contribution is -2.15. The van der Waals surface area contributed by atoms with E-state index in [2.05, 4.69) is 11.7 Å². The van der Waals surface area contributed by atoms with E-state index in [0.29, 0.717) is 6.61 Å². The zero-order chi connectivity index (χ0) is 19.3. The van der Waals surface area contributed by atoms with Crippen molar-refractivity contribution < 1.29 is 19.1 Å². The predicted molar refractivity (Wildman–Crippen MR) is 107 cm³/mol. The third kappa shape index (κ3) is 21.0. The van der Waals surface area contributed by atoms with E-state index in [1.165, 1.54) is 96.8 Å². The summed E-state index contributed by atoms with van der Waals surface area (Å²) in [5.41, 5.74) is 0. The molecule has 0 aliphatic heterocycles. The minimum Gasteiger partial charge on any atom is -0.463 e. The molecular weight excluding hydrogens is 328 g/mol. The number of rotatable bonds is 19. The fraction of sp³-hybridized carbons (Fsp3) is 0.909. The van der Waals surface area contributed by atoms with Crippen molar-refractivity contribution >= 4 is 11.9 Å². The predicted octanol–water partition coefficient (Wildman–Crippen LogP) is 6.35. The average Bonchev–Trinajstić information content (AvgIpc) is 2.62. The molecule has 0 aliphatic carbocycles. The first kappa shape index (κ1) is 24.9. The van der Waals surface area contributed by atoms with Crippen LogP contribution >= 0.6 is 0 Å². The van der Waals surface area contributed by atoms with Crippen LogP contribution in [0.25, 0.3) is 0 Å². The first-order valence-electron chi connectivity index (χ1n) is 11.0. The highest BCUT2D eigenvalue weighted by Crippen LogP contribution is 2.13. The second kappa shape index (κ2) is 20.3. The molecule has 0 amide bonds. The third-order valence-electron chi connectivity index (χ3n) is 4.65. The van der Waals surface area contributed by atoms with Crippen LogP contribution in [0.4, 0.5) is 0 Å². The number of hydrogen-bond donors (Lipinski definition) is 0. The van der Waals surface area contributed by atoms with E-state index >= 15 is 0 Å². The summed E-state index contributed by atoms with van der Waals surface area (Å²) in [5, 5.41) is 0. The largest absolute Gasteiger partial charge is 0.463 e. The highest BCUT2D eigenvalue weighted by Gasteiger charge is 2.04. The maximum absolute atomic E-state index is 11.2. The number of esters is 2. The second-order valence-electron chi connectivity index (χ2n) is 7.30. The van der Waals surface area contributed by atoms with Crippen LogP contribution in [-0.2, 0) is 19.1 Å². The van der Waals surface area contributed by atoms with Crippen molar-refractivity contribution in [3.63, 3.8) is 0 Å². The number of carbonyl (C=O) groups excluding carboxylic acids is 2. The molecule has 0 spiro atoms. The maximum atomic E-state index is 11.2. The van der Waals surface area contributed by atoms with Gasteiger partial charge in [-0.05, 0) is 6.42 Å². The van der Waals surface area contributed by atoms with E-state index in [0.717, 1.165) is 12.8 Å². The number of unbranched alkanes of at least 4 members (excludes halogenated alkanes) is 15. The number of hydrogen-bond acceptors (Lipinski definition) is 4. The Kier molecular flexibility index (Phi) is 19.4. The molecule has 0 aliphatic rings. The topological polar surface area (TPSA) is 52.6 Å². The van der Waals surface area contributed by atoms with Crippen molar-refractivity contribution in [1.82, 2.24) is 0 Å². The minimum atomic E-state index is -0.457. The van der Waals surface area contributed by atoms with Crippen molar-refractivity contribution in [2.75, 3.05) is 13.2 Å². The molecule has 0 atom stereocenters. The van der Waals surface area contributed by atoms with E-state index in [4.69, 9.17) is 4.74 Å². The van der Waals surface area contributed by atoms with Crippen molar-refractivity contribution in [1.29, 1.82) is 0 Å². The van der Waals surface area contributed by atoms with Crippen molar-refractivity contribution in [2.24, 2.45) is 0 Å². The highest BCUT2D eigenvalue weighted by molar-refractivity contribution is 5.75. The Labute approximate surface area is 161 Å². The smallest absolute Gasteiger partial charge is 0.344 e. The standard InChI is InChI=1S/C22H42O4/c1-3-4-5-6-7-8-9-10-11-12-13-14-15-16-17-18-19-25-22(24)20-26-21(2)23/h3-20H2,1-2H3. The minimum absolute atomic E-state index is 0.270. The van der Waals surface area contributed by atoms with Crippen molar-refractivity contribution in [3.05, 3.63) is 0 Å². The lowest BCUT2D eigenvalue weighted by molar-refractivity contribution is -0.157. The van der Waals surface area contributed by atoms with Crippen LogP contribution in [0.1, 0.15) is 117 Å². The molecule has 0 saturated heterocycles. The normalized spacial score (nSPS) is 10.7. The molecule has 0 aromatic rings. The van der Waals surface area contributed by atoms with Gasteiger partial charge >= 0.3 is 11.9 Å². The Morgan fingerprint density at radius 3 is 1.35 bits per heavy atom. The van der Waals surface area contributed by atoms with E-state index < -0.39 is 11.9 Å².